The molecule has 0 amide bonds. The Morgan fingerprint density at radius 1 is 1.21 bits per heavy atom. The summed E-state index contributed by atoms with van der Waals surface area (Å²) in [5.41, 5.74) is 3.11. The van der Waals surface area contributed by atoms with Crippen molar-refractivity contribution in [1.29, 1.82) is 0 Å². The van der Waals surface area contributed by atoms with Crippen LogP contribution < -0.4 is 4.48 Å². The average molecular weight is 385 g/mol. The van der Waals surface area contributed by atoms with Gasteiger partial charge in [0.25, 0.3) is 0 Å². The van der Waals surface area contributed by atoms with Gasteiger partial charge in [0.2, 0.25) is 0 Å². The topological polar surface area (TPSA) is 87.6 Å². The second-order valence-corrected chi connectivity index (χ2v) is 7.77. The Hall–Kier alpha value is -2.04. The zero-order chi connectivity index (χ0) is 17.3. The summed E-state index contributed by atoms with van der Waals surface area (Å²) >= 11 is 1.39. The number of nitrogens with zero attached hydrogens (tertiary/aromatic N) is 4. The number of hydrogen-bond acceptors (Lipinski definition) is 5. The molecular weight excluding hydrogens is 365 g/mol. The quantitative estimate of drug-likeness (QED) is 0.657. The van der Waals surface area contributed by atoms with E-state index in [0.717, 1.165) is 27.1 Å². The number of rotatable bonds is 3. The number of hydrogen-bond donors (Lipinski definition) is 2. The summed E-state index contributed by atoms with van der Waals surface area (Å²) in [4.78, 5) is 12.5. The van der Waals surface area contributed by atoms with Gasteiger partial charge in [-0.25, -0.2) is 0 Å². The van der Waals surface area contributed by atoms with Crippen molar-refractivity contribution in [3.8, 4) is 22.8 Å². The fraction of sp³-hybridized carbons (Fsp3) is 0.294. The zero-order valence-electron chi connectivity index (χ0n) is 13.9. The molecule has 7 heteroatoms. The first-order valence-electron chi connectivity index (χ1n) is 7.64. The number of aromatic amines is 1. The van der Waals surface area contributed by atoms with Crippen LogP contribution in [-0.2, 0) is 12.0 Å². The number of nitrogens with one attached hydrogen (secondary N) is 1. The van der Waals surface area contributed by atoms with Crippen LogP contribution in [0.25, 0.3) is 22.8 Å². The minimum atomic E-state index is -0.106. The Balaban J connectivity index is 2.05. The van der Waals surface area contributed by atoms with E-state index in [4.69, 9.17) is 4.98 Å². The molecular formula is C17H20AsN5O. The fourth-order valence-corrected chi connectivity index (χ4v) is 2.83. The van der Waals surface area contributed by atoms with Gasteiger partial charge in [-0.1, -0.05) is 0 Å². The zero-order valence-corrected chi connectivity index (χ0v) is 16.3. The standard InChI is InChI=1S/C17H20AsN5O/c1-17(2,3)16-21-15(22-23-16)13-14(18)19-8-12(20-13)11-6-4-5-10(7-11)9-24/h4-8,24H,9,18H2,1-3H3,(H,21,22,23). The third-order valence-corrected chi connectivity index (χ3v) is 4.51. The molecule has 1 aromatic carbocycles. The van der Waals surface area contributed by atoms with Crippen molar-refractivity contribution < 1.29 is 5.11 Å². The molecule has 0 saturated carbocycles. The van der Waals surface area contributed by atoms with Gasteiger partial charge in [-0.05, 0) is 0 Å². The van der Waals surface area contributed by atoms with E-state index in [2.05, 4.69) is 40.9 Å². The Labute approximate surface area is 149 Å². The van der Waals surface area contributed by atoms with Crippen LogP contribution in [0, 0.1) is 0 Å². The van der Waals surface area contributed by atoms with E-state index in [1.807, 2.05) is 24.3 Å². The van der Waals surface area contributed by atoms with Gasteiger partial charge >= 0.3 is 149 Å². The van der Waals surface area contributed by atoms with E-state index in [-0.39, 0.29) is 12.0 Å². The van der Waals surface area contributed by atoms with Gasteiger partial charge in [0.15, 0.2) is 0 Å². The molecule has 3 aromatic rings. The molecule has 3 rings (SSSR count). The molecule has 0 aliphatic carbocycles. The summed E-state index contributed by atoms with van der Waals surface area (Å²) in [6, 6.07) is 7.64. The van der Waals surface area contributed by atoms with Crippen molar-refractivity contribution in [1.82, 2.24) is 25.1 Å². The average Bonchev–Trinajstić information content (AvgIpc) is 3.05. The van der Waals surface area contributed by atoms with Gasteiger partial charge < -0.3 is 0 Å². The monoisotopic (exact) mass is 385 g/mol. The van der Waals surface area contributed by atoms with Crippen molar-refractivity contribution >= 4 is 21.3 Å². The van der Waals surface area contributed by atoms with Crippen molar-refractivity contribution in [2.75, 3.05) is 0 Å². The predicted octanol–water partition coefficient (Wildman–Crippen LogP) is 0.977. The van der Waals surface area contributed by atoms with Crippen LogP contribution in [0.1, 0.15) is 32.2 Å². The third-order valence-electron chi connectivity index (χ3n) is 3.63. The van der Waals surface area contributed by atoms with Crippen LogP contribution in [0.5, 0.6) is 0 Å². The first-order valence-corrected chi connectivity index (χ1v) is 8.86. The Morgan fingerprint density at radius 2 is 2.00 bits per heavy atom. The van der Waals surface area contributed by atoms with Crippen molar-refractivity contribution in [2.45, 2.75) is 32.8 Å². The molecule has 0 fully saturated rings. The second kappa shape index (κ2) is 6.46. The minimum absolute atomic E-state index is 0.000144. The van der Waals surface area contributed by atoms with Gasteiger partial charge in [-0.3, -0.25) is 0 Å². The summed E-state index contributed by atoms with van der Waals surface area (Å²) in [7, 11) is 0. The van der Waals surface area contributed by atoms with Crippen LogP contribution in [-0.4, -0.2) is 47.1 Å². The number of aromatic nitrogens is 5. The first kappa shape index (κ1) is 16.8. The molecule has 0 bridgehead atoms. The van der Waals surface area contributed by atoms with E-state index in [0.29, 0.717) is 11.5 Å². The molecule has 6 nitrogen and oxygen atoms in total. The maximum atomic E-state index is 9.31. The number of aliphatic hydroxyl groups excluding tert-OH is 1. The Morgan fingerprint density at radius 3 is 2.67 bits per heavy atom. The molecule has 0 spiro atoms. The van der Waals surface area contributed by atoms with E-state index < -0.39 is 0 Å². The molecule has 2 N–H and O–H groups in total. The van der Waals surface area contributed by atoms with Gasteiger partial charge in [-0.15, -0.1) is 0 Å². The molecule has 0 saturated heterocycles. The molecule has 124 valence electrons. The summed E-state index contributed by atoms with van der Waals surface area (Å²) < 4.78 is 0.848. The molecule has 0 aliphatic heterocycles. The second-order valence-electron chi connectivity index (χ2n) is 6.62. The predicted molar refractivity (Wildman–Crippen MR) is 95.6 cm³/mol. The molecule has 1 atom stereocenters. The molecule has 24 heavy (non-hydrogen) atoms. The third kappa shape index (κ3) is 3.40. The van der Waals surface area contributed by atoms with Crippen LogP contribution in [0.15, 0.2) is 30.5 Å². The Bertz CT molecular complexity index is 869. The first-order chi connectivity index (χ1) is 11.4. The van der Waals surface area contributed by atoms with E-state index in [9.17, 15) is 5.11 Å². The van der Waals surface area contributed by atoms with Crippen LogP contribution in [0.2, 0.25) is 0 Å². The Kier molecular flexibility index (Phi) is 4.52. The summed E-state index contributed by atoms with van der Waals surface area (Å²) in [6.07, 6.45) is 1.75. The van der Waals surface area contributed by atoms with E-state index >= 15 is 0 Å². The SMILES string of the molecule is CC(C)(C)c1nnc(-c2nc(-c3cccc(CO)c3)cnc2[AsH2])[nH]1. The summed E-state index contributed by atoms with van der Waals surface area (Å²) in [5.74, 6) is 1.45. The summed E-state index contributed by atoms with van der Waals surface area (Å²) in [6.45, 7) is 6.24. The van der Waals surface area contributed by atoms with Gasteiger partial charge in [0.1, 0.15) is 0 Å². The van der Waals surface area contributed by atoms with Crippen LogP contribution in [0.3, 0.4) is 0 Å². The molecule has 0 aliphatic rings. The number of H-pyrrole nitrogens is 1. The fourth-order valence-electron chi connectivity index (χ4n) is 2.25. The van der Waals surface area contributed by atoms with Crippen LogP contribution >= 0.6 is 0 Å². The molecule has 1 unspecified atom stereocenters. The van der Waals surface area contributed by atoms with Crippen molar-refractivity contribution in [2.24, 2.45) is 0 Å². The van der Waals surface area contributed by atoms with Crippen LogP contribution in [0.4, 0.5) is 0 Å². The normalized spacial score (nSPS) is 11.7. The van der Waals surface area contributed by atoms with E-state index in [1.165, 1.54) is 16.9 Å². The molecule has 2 heterocycles. The van der Waals surface area contributed by atoms with Gasteiger partial charge in [-0.2, -0.15) is 0 Å². The molecule has 2 aromatic heterocycles. The van der Waals surface area contributed by atoms with Gasteiger partial charge in [0.05, 0.1) is 0 Å². The van der Waals surface area contributed by atoms with E-state index in [1.54, 1.807) is 6.20 Å². The van der Waals surface area contributed by atoms with Crippen molar-refractivity contribution in [3.63, 3.8) is 0 Å². The van der Waals surface area contributed by atoms with Crippen molar-refractivity contribution in [3.05, 3.63) is 41.9 Å². The number of aliphatic hydroxyl groups is 1. The molecule has 0 radical (unpaired) electrons. The maximum absolute atomic E-state index is 9.31. The van der Waals surface area contributed by atoms with Gasteiger partial charge in [0, 0.05) is 0 Å². The summed E-state index contributed by atoms with van der Waals surface area (Å²) in [5, 5.41) is 17.8. The number of benzene rings is 1.